The second-order valence-corrected chi connectivity index (χ2v) is 5.76. The summed E-state index contributed by atoms with van der Waals surface area (Å²) in [6, 6.07) is 8.89. The van der Waals surface area contributed by atoms with Crippen molar-refractivity contribution in [3.63, 3.8) is 0 Å². The van der Waals surface area contributed by atoms with Crippen molar-refractivity contribution in [2.24, 2.45) is 0 Å². The van der Waals surface area contributed by atoms with E-state index in [9.17, 15) is 23.7 Å². The van der Waals surface area contributed by atoms with Crippen LogP contribution in [0.2, 0.25) is 0 Å². The Hall–Kier alpha value is -3.03. The Morgan fingerprint density at radius 3 is 2.60 bits per heavy atom. The molecule has 0 aliphatic carbocycles. The molecule has 1 aliphatic heterocycles. The quantitative estimate of drug-likeness (QED) is 0.666. The minimum absolute atomic E-state index is 0.0213. The molecule has 1 aliphatic rings. The van der Waals surface area contributed by atoms with E-state index in [4.69, 9.17) is 0 Å². The van der Waals surface area contributed by atoms with Gasteiger partial charge < -0.3 is 10.2 Å². The average Bonchev–Trinajstić information content (AvgIpc) is 2.90. The molecule has 0 spiro atoms. The van der Waals surface area contributed by atoms with Crippen LogP contribution in [0.15, 0.2) is 42.5 Å². The smallest absolute Gasteiger partial charge is 0.327 e. The Morgan fingerprint density at radius 2 is 1.92 bits per heavy atom. The van der Waals surface area contributed by atoms with Crippen LogP contribution in [0.3, 0.4) is 0 Å². The maximum absolute atomic E-state index is 13.7. The van der Waals surface area contributed by atoms with Crippen molar-refractivity contribution in [3.05, 3.63) is 69.8 Å². The minimum atomic E-state index is -0.955. The lowest BCUT2D eigenvalue weighted by molar-refractivity contribution is -0.386. The molecule has 25 heavy (non-hydrogen) atoms. The summed E-state index contributed by atoms with van der Waals surface area (Å²) in [5, 5.41) is 13.8. The van der Waals surface area contributed by atoms with Crippen LogP contribution >= 0.6 is 0 Å². The third-order valence-electron chi connectivity index (χ3n) is 4.08. The van der Waals surface area contributed by atoms with E-state index in [2.05, 4.69) is 5.32 Å². The predicted molar refractivity (Wildman–Crippen MR) is 86.9 cm³/mol. The summed E-state index contributed by atoms with van der Waals surface area (Å²) in [4.78, 5) is 24.3. The number of para-hydroxylation sites is 1. The lowest BCUT2D eigenvalue weighted by Crippen LogP contribution is -2.33. The second kappa shape index (κ2) is 6.84. The van der Waals surface area contributed by atoms with E-state index in [-0.39, 0.29) is 17.4 Å². The van der Waals surface area contributed by atoms with Gasteiger partial charge in [0.05, 0.1) is 4.92 Å². The van der Waals surface area contributed by atoms with Gasteiger partial charge in [0, 0.05) is 13.1 Å². The first-order valence-electron chi connectivity index (χ1n) is 7.68. The summed E-state index contributed by atoms with van der Waals surface area (Å²) in [5.74, 6) is -1.54. The van der Waals surface area contributed by atoms with Crippen LogP contribution in [0.1, 0.15) is 12.0 Å². The van der Waals surface area contributed by atoms with E-state index in [1.807, 2.05) is 0 Å². The molecular weight excluding hydrogens is 332 g/mol. The molecule has 0 aromatic heterocycles. The zero-order valence-corrected chi connectivity index (χ0v) is 13.1. The molecule has 1 atom stereocenters. The Morgan fingerprint density at radius 1 is 1.20 bits per heavy atom. The van der Waals surface area contributed by atoms with Gasteiger partial charge in [-0.2, -0.15) is 4.39 Å². The number of nitro groups is 1. The number of anilines is 1. The van der Waals surface area contributed by atoms with Crippen molar-refractivity contribution in [2.75, 3.05) is 11.9 Å². The number of carbonyl (C=O) groups excluding carboxylic acids is 1. The summed E-state index contributed by atoms with van der Waals surface area (Å²) in [7, 11) is 0. The van der Waals surface area contributed by atoms with E-state index < -0.39 is 22.5 Å². The molecule has 8 heteroatoms. The van der Waals surface area contributed by atoms with Crippen molar-refractivity contribution in [2.45, 2.75) is 19.0 Å². The van der Waals surface area contributed by atoms with Crippen molar-refractivity contribution >= 4 is 17.3 Å². The number of hydrogen-bond donors (Lipinski definition) is 1. The number of hydrogen-bond acceptors (Lipinski definition) is 4. The van der Waals surface area contributed by atoms with Crippen LogP contribution < -0.4 is 5.32 Å². The van der Waals surface area contributed by atoms with Gasteiger partial charge in [-0.15, -0.1) is 0 Å². The van der Waals surface area contributed by atoms with Crippen LogP contribution in [0, 0.1) is 21.7 Å². The van der Waals surface area contributed by atoms with Crippen molar-refractivity contribution in [3.8, 4) is 0 Å². The lowest BCUT2D eigenvalue weighted by atomic mass is 10.2. The highest BCUT2D eigenvalue weighted by atomic mass is 19.1. The first kappa shape index (κ1) is 16.8. The maximum Gasteiger partial charge on any atom is 0.327 e. The van der Waals surface area contributed by atoms with Gasteiger partial charge in [0.2, 0.25) is 11.7 Å². The molecule has 1 fully saturated rings. The van der Waals surface area contributed by atoms with E-state index in [0.29, 0.717) is 19.5 Å². The largest absolute Gasteiger partial charge is 0.368 e. The number of carbonyl (C=O) groups is 1. The van der Waals surface area contributed by atoms with Crippen molar-refractivity contribution in [1.82, 2.24) is 4.90 Å². The summed E-state index contributed by atoms with van der Waals surface area (Å²) < 4.78 is 26.6. The molecule has 1 unspecified atom stereocenters. The molecule has 1 N–H and O–H groups in total. The van der Waals surface area contributed by atoms with Gasteiger partial charge in [-0.05, 0) is 36.2 Å². The zero-order valence-electron chi connectivity index (χ0n) is 13.1. The highest BCUT2D eigenvalue weighted by Gasteiger charge is 2.33. The van der Waals surface area contributed by atoms with Gasteiger partial charge in [0.15, 0.2) is 0 Å². The first-order valence-corrected chi connectivity index (χ1v) is 7.68. The number of benzene rings is 2. The third-order valence-corrected chi connectivity index (χ3v) is 4.08. The molecule has 2 aromatic carbocycles. The number of nitrogens with zero attached hydrogens (tertiary/aromatic N) is 2. The topological polar surface area (TPSA) is 75.5 Å². The summed E-state index contributed by atoms with van der Waals surface area (Å²) >= 11 is 0. The van der Waals surface area contributed by atoms with Gasteiger partial charge in [-0.25, -0.2) is 4.39 Å². The Labute approximate surface area is 142 Å². The number of halogens is 2. The van der Waals surface area contributed by atoms with E-state index in [0.717, 1.165) is 11.6 Å². The molecule has 3 rings (SSSR count). The monoisotopic (exact) mass is 347 g/mol. The van der Waals surface area contributed by atoms with Gasteiger partial charge in [-0.1, -0.05) is 18.2 Å². The van der Waals surface area contributed by atoms with Gasteiger partial charge in [0.1, 0.15) is 17.5 Å². The van der Waals surface area contributed by atoms with Crippen LogP contribution in [0.4, 0.5) is 20.2 Å². The Kier molecular flexibility index (Phi) is 4.60. The number of amides is 1. The standard InChI is InChI=1S/C17H15F2N3O3/c18-12-6-4-11(5-7-12)10-21-9-8-15(17(21)23)20-14-3-1-2-13(19)16(14)22(24)25/h1-7,15,20H,8-10H2. The normalized spacial score (nSPS) is 17.0. The fourth-order valence-electron chi connectivity index (χ4n) is 2.85. The number of rotatable bonds is 5. The molecule has 1 saturated heterocycles. The van der Waals surface area contributed by atoms with Gasteiger partial charge >= 0.3 is 5.69 Å². The van der Waals surface area contributed by atoms with Gasteiger partial charge in [-0.3, -0.25) is 14.9 Å². The highest BCUT2D eigenvalue weighted by Crippen LogP contribution is 2.29. The molecule has 1 amide bonds. The average molecular weight is 347 g/mol. The molecule has 1 heterocycles. The molecule has 2 aromatic rings. The van der Waals surface area contributed by atoms with Crippen molar-refractivity contribution < 1.29 is 18.5 Å². The summed E-state index contributed by atoms with van der Waals surface area (Å²) in [6.45, 7) is 0.777. The highest BCUT2D eigenvalue weighted by molar-refractivity contribution is 5.87. The molecule has 0 saturated carbocycles. The SMILES string of the molecule is O=C1C(Nc2cccc(F)c2[N+](=O)[O-])CCN1Cc1ccc(F)cc1. The summed E-state index contributed by atoms with van der Waals surface area (Å²) in [5.41, 5.74) is 0.0893. The van der Waals surface area contributed by atoms with Crippen LogP contribution in [-0.4, -0.2) is 28.3 Å². The number of nitrogens with one attached hydrogen (secondary N) is 1. The zero-order chi connectivity index (χ0) is 18.0. The Balaban J connectivity index is 1.72. The molecule has 0 radical (unpaired) electrons. The molecular formula is C17H15F2N3O3. The maximum atomic E-state index is 13.7. The van der Waals surface area contributed by atoms with Crippen LogP contribution in [-0.2, 0) is 11.3 Å². The molecule has 6 nitrogen and oxygen atoms in total. The Bertz CT molecular complexity index is 811. The lowest BCUT2D eigenvalue weighted by Gasteiger charge is -2.18. The van der Waals surface area contributed by atoms with Crippen LogP contribution in [0.5, 0.6) is 0 Å². The van der Waals surface area contributed by atoms with Crippen molar-refractivity contribution in [1.29, 1.82) is 0 Å². The second-order valence-electron chi connectivity index (χ2n) is 5.76. The number of nitro benzene ring substituents is 1. The van der Waals surface area contributed by atoms with E-state index in [1.54, 1.807) is 17.0 Å². The van der Waals surface area contributed by atoms with E-state index >= 15 is 0 Å². The molecule has 130 valence electrons. The van der Waals surface area contributed by atoms with Gasteiger partial charge in [0.25, 0.3) is 0 Å². The van der Waals surface area contributed by atoms with E-state index in [1.165, 1.54) is 24.3 Å². The fourth-order valence-corrected chi connectivity index (χ4v) is 2.85. The third kappa shape index (κ3) is 3.57. The summed E-state index contributed by atoms with van der Waals surface area (Å²) in [6.07, 6.45) is 0.438. The number of likely N-dealkylation sites (tertiary alicyclic amines) is 1. The first-order chi connectivity index (χ1) is 12.0. The van der Waals surface area contributed by atoms with Crippen LogP contribution in [0.25, 0.3) is 0 Å². The molecule has 0 bridgehead atoms. The minimum Gasteiger partial charge on any atom is -0.368 e. The predicted octanol–water partition coefficient (Wildman–Crippen LogP) is 3.09. The fraction of sp³-hybridized carbons (Fsp3) is 0.235.